The Morgan fingerprint density at radius 3 is 2.41 bits per heavy atom. The predicted molar refractivity (Wildman–Crippen MR) is 119 cm³/mol. The Kier molecular flexibility index (Phi) is 6.44. The van der Waals surface area contributed by atoms with E-state index in [0.717, 1.165) is 41.3 Å². The van der Waals surface area contributed by atoms with Crippen LogP contribution in [0.15, 0.2) is 54.7 Å². The number of carbonyl (C=O) groups is 1. The Bertz CT molecular complexity index is 981. The van der Waals surface area contributed by atoms with Crippen LogP contribution in [0.1, 0.15) is 35.5 Å². The Hall–Kier alpha value is -3.41. The molecule has 2 N–H and O–H groups in total. The molecule has 0 unspecified atom stereocenters. The van der Waals surface area contributed by atoms with Gasteiger partial charge in [-0.15, -0.1) is 0 Å². The summed E-state index contributed by atoms with van der Waals surface area (Å²) in [6.45, 7) is 10.2. The van der Waals surface area contributed by atoms with E-state index in [1.54, 1.807) is 12.3 Å². The standard InChI is InChI=1S/C23H27N5O/c1-5-28(6-2)19-11-9-18(10-12-19)25-22(29)20-13-14-24-23(26-20)27-21-15-16(3)7-8-17(21)4/h7-15H,5-6H2,1-4H3,(H,25,29)(H,24,26,27). The Labute approximate surface area is 172 Å². The number of anilines is 4. The number of hydrogen-bond donors (Lipinski definition) is 2. The van der Waals surface area contributed by atoms with Gasteiger partial charge in [0, 0.05) is 36.3 Å². The number of nitrogens with zero attached hydrogens (tertiary/aromatic N) is 3. The third-order valence-corrected chi connectivity index (χ3v) is 4.78. The van der Waals surface area contributed by atoms with Gasteiger partial charge in [0.25, 0.3) is 5.91 Å². The third kappa shape index (κ3) is 5.10. The second-order valence-corrected chi connectivity index (χ2v) is 6.88. The maximum atomic E-state index is 12.6. The number of benzene rings is 2. The minimum Gasteiger partial charge on any atom is -0.372 e. The smallest absolute Gasteiger partial charge is 0.274 e. The summed E-state index contributed by atoms with van der Waals surface area (Å²) in [6, 6.07) is 15.6. The number of amides is 1. The summed E-state index contributed by atoms with van der Waals surface area (Å²) in [4.78, 5) is 23.5. The lowest BCUT2D eigenvalue weighted by Gasteiger charge is -2.21. The lowest BCUT2D eigenvalue weighted by Crippen LogP contribution is -2.21. The molecule has 0 spiro atoms. The SMILES string of the molecule is CCN(CC)c1ccc(NC(=O)c2ccnc(Nc3cc(C)ccc3C)n2)cc1. The molecule has 1 heterocycles. The molecule has 0 saturated carbocycles. The van der Waals surface area contributed by atoms with Gasteiger partial charge in [-0.2, -0.15) is 0 Å². The third-order valence-electron chi connectivity index (χ3n) is 4.78. The summed E-state index contributed by atoms with van der Waals surface area (Å²) >= 11 is 0. The van der Waals surface area contributed by atoms with E-state index in [2.05, 4.69) is 45.4 Å². The monoisotopic (exact) mass is 389 g/mol. The molecule has 0 bridgehead atoms. The summed E-state index contributed by atoms with van der Waals surface area (Å²) < 4.78 is 0. The number of carbonyl (C=O) groups excluding carboxylic acids is 1. The zero-order valence-corrected chi connectivity index (χ0v) is 17.4. The van der Waals surface area contributed by atoms with E-state index >= 15 is 0 Å². The molecule has 2 aromatic carbocycles. The number of hydrogen-bond acceptors (Lipinski definition) is 5. The summed E-state index contributed by atoms with van der Waals surface area (Å²) in [6.07, 6.45) is 1.58. The topological polar surface area (TPSA) is 70.2 Å². The van der Waals surface area contributed by atoms with E-state index in [4.69, 9.17) is 0 Å². The average molecular weight is 390 g/mol. The number of rotatable bonds is 7. The fourth-order valence-corrected chi connectivity index (χ4v) is 3.08. The van der Waals surface area contributed by atoms with Gasteiger partial charge in [0.05, 0.1) is 0 Å². The zero-order valence-electron chi connectivity index (χ0n) is 17.4. The van der Waals surface area contributed by atoms with Crippen LogP contribution in [0.25, 0.3) is 0 Å². The van der Waals surface area contributed by atoms with Crippen molar-refractivity contribution < 1.29 is 4.79 Å². The van der Waals surface area contributed by atoms with E-state index in [1.165, 1.54) is 0 Å². The van der Waals surface area contributed by atoms with Crippen molar-refractivity contribution in [2.24, 2.45) is 0 Å². The van der Waals surface area contributed by atoms with E-state index < -0.39 is 0 Å². The van der Waals surface area contributed by atoms with Crippen LogP contribution in [0.2, 0.25) is 0 Å². The number of aromatic nitrogens is 2. The first-order chi connectivity index (χ1) is 14.0. The molecule has 0 fully saturated rings. The molecule has 0 saturated heterocycles. The number of aryl methyl sites for hydroxylation is 2. The maximum Gasteiger partial charge on any atom is 0.274 e. The van der Waals surface area contributed by atoms with Crippen LogP contribution in [0, 0.1) is 13.8 Å². The second-order valence-electron chi connectivity index (χ2n) is 6.88. The van der Waals surface area contributed by atoms with Crippen molar-refractivity contribution in [3.63, 3.8) is 0 Å². The maximum absolute atomic E-state index is 12.6. The van der Waals surface area contributed by atoms with Crippen molar-refractivity contribution in [2.45, 2.75) is 27.7 Å². The molecule has 0 radical (unpaired) electrons. The van der Waals surface area contributed by atoms with Gasteiger partial charge >= 0.3 is 0 Å². The van der Waals surface area contributed by atoms with Crippen LogP contribution in [0.5, 0.6) is 0 Å². The molecule has 29 heavy (non-hydrogen) atoms. The largest absolute Gasteiger partial charge is 0.372 e. The van der Waals surface area contributed by atoms with Crippen molar-refractivity contribution in [1.29, 1.82) is 0 Å². The van der Waals surface area contributed by atoms with E-state index in [9.17, 15) is 4.79 Å². The quantitative estimate of drug-likeness (QED) is 0.599. The van der Waals surface area contributed by atoms with Gasteiger partial charge in [-0.25, -0.2) is 9.97 Å². The van der Waals surface area contributed by atoms with Crippen molar-refractivity contribution in [3.05, 3.63) is 71.5 Å². The fraction of sp³-hybridized carbons (Fsp3) is 0.261. The highest BCUT2D eigenvalue weighted by Gasteiger charge is 2.11. The lowest BCUT2D eigenvalue weighted by atomic mass is 10.1. The Balaban J connectivity index is 1.71. The molecule has 3 aromatic rings. The van der Waals surface area contributed by atoms with E-state index in [0.29, 0.717) is 11.6 Å². The molecule has 0 atom stereocenters. The van der Waals surface area contributed by atoms with E-state index in [-0.39, 0.29) is 5.91 Å². The minimum absolute atomic E-state index is 0.271. The first kappa shape index (κ1) is 20.3. The average Bonchev–Trinajstić information content (AvgIpc) is 2.73. The van der Waals surface area contributed by atoms with Crippen LogP contribution in [-0.4, -0.2) is 29.0 Å². The molecule has 150 valence electrons. The van der Waals surface area contributed by atoms with E-state index in [1.807, 2.05) is 50.2 Å². The normalized spacial score (nSPS) is 10.5. The molecular weight excluding hydrogens is 362 g/mol. The van der Waals surface area contributed by atoms with Gasteiger partial charge in [0.1, 0.15) is 5.69 Å². The lowest BCUT2D eigenvalue weighted by molar-refractivity contribution is 0.102. The molecular formula is C23H27N5O. The van der Waals surface area contributed by atoms with Crippen LogP contribution in [0.3, 0.4) is 0 Å². The molecule has 0 aliphatic heterocycles. The summed E-state index contributed by atoms with van der Waals surface area (Å²) in [5, 5.41) is 6.09. The highest BCUT2D eigenvalue weighted by Crippen LogP contribution is 2.20. The molecule has 1 amide bonds. The van der Waals surface area contributed by atoms with Gasteiger partial charge < -0.3 is 15.5 Å². The predicted octanol–water partition coefficient (Wildman–Crippen LogP) is 4.94. The summed E-state index contributed by atoms with van der Waals surface area (Å²) in [5.41, 5.74) is 5.32. The first-order valence-corrected chi connectivity index (χ1v) is 9.83. The van der Waals surface area contributed by atoms with Crippen LogP contribution < -0.4 is 15.5 Å². The van der Waals surface area contributed by atoms with Crippen molar-refractivity contribution in [3.8, 4) is 0 Å². The van der Waals surface area contributed by atoms with Crippen LogP contribution in [0.4, 0.5) is 23.0 Å². The van der Waals surface area contributed by atoms with Gasteiger partial charge in [0.15, 0.2) is 0 Å². The molecule has 6 nitrogen and oxygen atoms in total. The fourth-order valence-electron chi connectivity index (χ4n) is 3.08. The van der Waals surface area contributed by atoms with Crippen molar-refractivity contribution >= 4 is 28.9 Å². The van der Waals surface area contributed by atoms with Crippen molar-refractivity contribution in [2.75, 3.05) is 28.6 Å². The van der Waals surface area contributed by atoms with Crippen LogP contribution >= 0.6 is 0 Å². The molecule has 3 rings (SSSR count). The van der Waals surface area contributed by atoms with Crippen LogP contribution in [-0.2, 0) is 0 Å². The molecule has 6 heteroatoms. The van der Waals surface area contributed by atoms with Gasteiger partial charge in [-0.3, -0.25) is 4.79 Å². The van der Waals surface area contributed by atoms with Gasteiger partial charge in [-0.1, -0.05) is 12.1 Å². The Morgan fingerprint density at radius 1 is 1.00 bits per heavy atom. The molecule has 0 aliphatic carbocycles. The summed E-state index contributed by atoms with van der Waals surface area (Å²) in [7, 11) is 0. The van der Waals surface area contributed by atoms with Crippen molar-refractivity contribution in [1.82, 2.24) is 9.97 Å². The summed E-state index contributed by atoms with van der Waals surface area (Å²) in [5.74, 6) is 0.121. The minimum atomic E-state index is -0.271. The highest BCUT2D eigenvalue weighted by molar-refractivity contribution is 6.03. The number of nitrogens with one attached hydrogen (secondary N) is 2. The van der Waals surface area contributed by atoms with Gasteiger partial charge in [-0.05, 0) is 75.2 Å². The zero-order chi connectivity index (χ0) is 20.8. The Morgan fingerprint density at radius 2 is 1.72 bits per heavy atom. The first-order valence-electron chi connectivity index (χ1n) is 9.83. The molecule has 1 aromatic heterocycles. The highest BCUT2D eigenvalue weighted by atomic mass is 16.1. The molecule has 0 aliphatic rings. The second kappa shape index (κ2) is 9.19. The van der Waals surface area contributed by atoms with Gasteiger partial charge in [0.2, 0.25) is 5.95 Å².